The largest absolute Gasteiger partial charge is 0.452 e. The number of anilines is 1. The number of fused-ring (bicyclic) bond motifs is 1. The second-order valence-corrected chi connectivity index (χ2v) is 3.94. The molecule has 0 saturated heterocycles. The molecule has 1 atom stereocenters. The van der Waals surface area contributed by atoms with Crippen LogP contribution in [0.4, 0.5) is 10.5 Å². The number of benzene rings is 1. The van der Waals surface area contributed by atoms with Crippen molar-refractivity contribution in [2.45, 2.75) is 19.4 Å². The Bertz CT molecular complexity index is 417. The monoisotopic (exact) mass is 221 g/mol. The molecule has 1 unspecified atom stereocenters. The van der Waals surface area contributed by atoms with E-state index in [9.17, 15) is 9.90 Å². The van der Waals surface area contributed by atoms with Crippen LogP contribution in [-0.2, 0) is 4.74 Å². The molecule has 1 N–H and O–H groups in total. The number of ether oxygens (including phenoxy) is 1. The van der Waals surface area contributed by atoms with E-state index in [4.69, 9.17) is 4.74 Å². The zero-order valence-corrected chi connectivity index (χ0v) is 9.43. The van der Waals surface area contributed by atoms with Gasteiger partial charge in [-0.1, -0.05) is 18.2 Å². The summed E-state index contributed by atoms with van der Waals surface area (Å²) in [4.78, 5) is 13.2. The van der Waals surface area contributed by atoms with Crippen LogP contribution >= 0.6 is 0 Å². The van der Waals surface area contributed by atoms with Gasteiger partial charge in [-0.2, -0.15) is 0 Å². The molecular formula is C12H15NO3. The number of carbonyl (C=O) groups excluding carboxylic acids is 1. The maximum atomic E-state index is 11.6. The highest BCUT2D eigenvalue weighted by molar-refractivity contribution is 5.90. The zero-order valence-electron chi connectivity index (χ0n) is 9.43. The molecule has 0 aliphatic carbocycles. The smallest absolute Gasteiger partial charge is 0.414 e. The fraction of sp³-hybridized carbons (Fsp3) is 0.417. The number of nitrogens with zero attached hydrogens (tertiary/aromatic N) is 1. The molecule has 1 aliphatic rings. The summed E-state index contributed by atoms with van der Waals surface area (Å²) in [6, 6.07) is 5.66. The van der Waals surface area contributed by atoms with E-state index in [0.717, 1.165) is 16.8 Å². The van der Waals surface area contributed by atoms with Crippen molar-refractivity contribution in [3.8, 4) is 0 Å². The summed E-state index contributed by atoms with van der Waals surface area (Å²) in [5, 5.41) is 9.88. The molecule has 1 amide bonds. The van der Waals surface area contributed by atoms with Crippen LogP contribution < -0.4 is 4.90 Å². The van der Waals surface area contributed by atoms with Crippen molar-refractivity contribution in [3.05, 3.63) is 29.3 Å². The summed E-state index contributed by atoms with van der Waals surface area (Å²) in [6.45, 7) is 2.42. The van der Waals surface area contributed by atoms with Crippen molar-refractivity contribution >= 4 is 11.8 Å². The molecule has 86 valence electrons. The van der Waals surface area contributed by atoms with Gasteiger partial charge < -0.3 is 9.84 Å². The Labute approximate surface area is 94.4 Å². The van der Waals surface area contributed by atoms with E-state index in [1.54, 1.807) is 4.90 Å². The predicted octanol–water partition coefficient (Wildman–Crippen LogP) is 2.00. The van der Waals surface area contributed by atoms with Crippen LogP contribution in [0.1, 0.15) is 23.7 Å². The number of methoxy groups -OCH3 is 1. The van der Waals surface area contributed by atoms with Crippen molar-refractivity contribution in [1.82, 2.24) is 0 Å². The average Bonchev–Trinajstić information content (AvgIpc) is 2.30. The molecule has 1 aliphatic heterocycles. The van der Waals surface area contributed by atoms with E-state index in [1.165, 1.54) is 7.11 Å². The second-order valence-electron chi connectivity index (χ2n) is 3.94. The van der Waals surface area contributed by atoms with Crippen LogP contribution in [0, 0.1) is 6.92 Å². The molecule has 1 aromatic rings. The van der Waals surface area contributed by atoms with Crippen molar-refractivity contribution < 1.29 is 14.6 Å². The molecule has 0 bridgehead atoms. The van der Waals surface area contributed by atoms with Gasteiger partial charge in [-0.05, 0) is 18.9 Å². The van der Waals surface area contributed by atoms with E-state index in [2.05, 4.69) is 0 Å². The van der Waals surface area contributed by atoms with Gasteiger partial charge in [-0.3, -0.25) is 4.90 Å². The van der Waals surface area contributed by atoms with E-state index >= 15 is 0 Å². The molecular weight excluding hydrogens is 206 g/mol. The summed E-state index contributed by atoms with van der Waals surface area (Å²) in [5.41, 5.74) is 2.56. The van der Waals surface area contributed by atoms with Gasteiger partial charge in [0.05, 0.1) is 18.9 Å². The van der Waals surface area contributed by atoms with Crippen molar-refractivity contribution in [2.24, 2.45) is 0 Å². The number of hydrogen-bond acceptors (Lipinski definition) is 3. The van der Waals surface area contributed by atoms with Crippen LogP contribution in [-0.4, -0.2) is 24.9 Å². The molecule has 16 heavy (non-hydrogen) atoms. The van der Waals surface area contributed by atoms with Crippen molar-refractivity contribution in [1.29, 1.82) is 0 Å². The van der Waals surface area contributed by atoms with Gasteiger partial charge in [0.2, 0.25) is 0 Å². The Morgan fingerprint density at radius 1 is 1.56 bits per heavy atom. The van der Waals surface area contributed by atoms with Crippen LogP contribution in [0.3, 0.4) is 0 Å². The first-order valence-corrected chi connectivity index (χ1v) is 5.28. The summed E-state index contributed by atoms with van der Waals surface area (Å²) >= 11 is 0. The molecule has 0 aromatic heterocycles. The first-order chi connectivity index (χ1) is 7.65. The highest BCUT2D eigenvalue weighted by atomic mass is 16.5. The lowest BCUT2D eigenvalue weighted by atomic mass is 9.96. The van der Waals surface area contributed by atoms with Crippen molar-refractivity contribution in [3.63, 3.8) is 0 Å². The third-order valence-electron chi connectivity index (χ3n) is 2.92. The first kappa shape index (κ1) is 11.0. The number of aliphatic hydroxyl groups excluding tert-OH is 1. The lowest BCUT2D eigenvalue weighted by molar-refractivity contribution is 0.154. The minimum absolute atomic E-state index is 0.373. The standard InChI is InChI=1S/C12H15NO3/c1-8-4-3-5-9-10(14)6-7-13(11(8)9)12(15)16-2/h3-5,10,14H,6-7H2,1-2H3. The third-order valence-corrected chi connectivity index (χ3v) is 2.92. The van der Waals surface area contributed by atoms with E-state index in [-0.39, 0.29) is 6.09 Å². The van der Waals surface area contributed by atoms with Gasteiger partial charge in [-0.15, -0.1) is 0 Å². The van der Waals surface area contributed by atoms with Crippen LogP contribution in [0.5, 0.6) is 0 Å². The van der Waals surface area contributed by atoms with Gasteiger partial charge in [-0.25, -0.2) is 4.79 Å². The number of carbonyl (C=O) groups is 1. The Morgan fingerprint density at radius 3 is 3.00 bits per heavy atom. The number of amides is 1. The Hall–Kier alpha value is -1.55. The minimum Gasteiger partial charge on any atom is -0.452 e. The number of aliphatic hydroxyl groups is 1. The Balaban J connectivity index is 2.50. The molecule has 0 fully saturated rings. The third kappa shape index (κ3) is 1.65. The molecule has 0 radical (unpaired) electrons. The van der Waals surface area contributed by atoms with Crippen LogP contribution in [0.25, 0.3) is 0 Å². The maximum Gasteiger partial charge on any atom is 0.414 e. The second kappa shape index (κ2) is 4.14. The van der Waals surface area contributed by atoms with E-state index in [1.807, 2.05) is 25.1 Å². The van der Waals surface area contributed by atoms with Crippen molar-refractivity contribution in [2.75, 3.05) is 18.6 Å². The van der Waals surface area contributed by atoms with Crippen LogP contribution in [0.15, 0.2) is 18.2 Å². The van der Waals surface area contributed by atoms with Gasteiger partial charge >= 0.3 is 6.09 Å². The van der Waals surface area contributed by atoms with Gasteiger partial charge in [0.15, 0.2) is 0 Å². The molecule has 0 saturated carbocycles. The number of para-hydroxylation sites is 1. The predicted molar refractivity (Wildman–Crippen MR) is 60.5 cm³/mol. The maximum absolute atomic E-state index is 11.6. The Kier molecular flexibility index (Phi) is 2.83. The molecule has 4 nitrogen and oxygen atoms in total. The van der Waals surface area contributed by atoms with E-state index < -0.39 is 6.10 Å². The van der Waals surface area contributed by atoms with Gasteiger partial charge in [0.1, 0.15) is 0 Å². The molecule has 2 rings (SSSR count). The normalized spacial score (nSPS) is 19.2. The number of hydrogen-bond donors (Lipinski definition) is 1. The molecule has 4 heteroatoms. The lowest BCUT2D eigenvalue weighted by Gasteiger charge is -2.32. The minimum atomic E-state index is -0.490. The average molecular weight is 221 g/mol. The molecule has 0 spiro atoms. The summed E-state index contributed by atoms with van der Waals surface area (Å²) < 4.78 is 4.74. The van der Waals surface area contributed by atoms with Gasteiger partial charge in [0.25, 0.3) is 0 Å². The first-order valence-electron chi connectivity index (χ1n) is 5.28. The molecule has 1 aromatic carbocycles. The molecule has 1 heterocycles. The SMILES string of the molecule is COC(=O)N1CCC(O)c2cccc(C)c21. The number of aryl methyl sites for hydroxylation is 1. The topological polar surface area (TPSA) is 49.8 Å². The number of rotatable bonds is 0. The van der Waals surface area contributed by atoms with Crippen LogP contribution in [0.2, 0.25) is 0 Å². The highest BCUT2D eigenvalue weighted by Crippen LogP contribution is 2.36. The highest BCUT2D eigenvalue weighted by Gasteiger charge is 2.29. The fourth-order valence-corrected chi connectivity index (χ4v) is 2.13. The van der Waals surface area contributed by atoms with Gasteiger partial charge in [0, 0.05) is 12.1 Å². The summed E-state index contributed by atoms with van der Waals surface area (Å²) in [5.74, 6) is 0. The van der Waals surface area contributed by atoms with E-state index in [0.29, 0.717) is 13.0 Å². The lowest BCUT2D eigenvalue weighted by Crippen LogP contribution is -2.37. The zero-order chi connectivity index (χ0) is 11.7. The fourth-order valence-electron chi connectivity index (χ4n) is 2.13. The summed E-state index contributed by atoms with van der Waals surface area (Å²) in [6.07, 6.45) is -0.316. The summed E-state index contributed by atoms with van der Waals surface area (Å²) in [7, 11) is 1.37. The Morgan fingerprint density at radius 2 is 2.31 bits per heavy atom. The quantitative estimate of drug-likeness (QED) is 0.729.